The number of halogens is 3. The van der Waals surface area contributed by atoms with Gasteiger partial charge >= 0.3 is 6.61 Å². The third-order valence-corrected chi connectivity index (χ3v) is 7.54. The van der Waals surface area contributed by atoms with Crippen LogP contribution in [-0.4, -0.2) is 29.4 Å². The zero-order valence-electron chi connectivity index (χ0n) is 20.0. The molecular weight excluding hydrogens is 465 g/mol. The van der Waals surface area contributed by atoms with Gasteiger partial charge in [-0.05, 0) is 48.4 Å². The van der Waals surface area contributed by atoms with Crippen LogP contribution in [0.4, 0.5) is 13.2 Å². The van der Waals surface area contributed by atoms with Crippen molar-refractivity contribution in [2.45, 2.75) is 50.7 Å². The topological polar surface area (TPSA) is 36.3 Å². The number of rotatable bonds is 5. The van der Waals surface area contributed by atoms with Crippen LogP contribution in [0.3, 0.4) is 0 Å². The second-order valence-electron chi connectivity index (χ2n) is 9.74. The minimum atomic E-state index is -2.91. The van der Waals surface area contributed by atoms with E-state index in [9.17, 15) is 8.78 Å². The van der Waals surface area contributed by atoms with Gasteiger partial charge in [0, 0.05) is 36.3 Å². The Bertz CT molecular complexity index is 1390. The molecule has 4 aromatic rings. The Morgan fingerprint density at radius 1 is 1.03 bits per heavy atom. The van der Waals surface area contributed by atoms with Gasteiger partial charge in [0.2, 0.25) is 0 Å². The fourth-order valence-electron chi connectivity index (χ4n) is 5.77. The molecule has 0 amide bonds. The molecule has 2 aliphatic heterocycles. The largest absolute Gasteiger partial charge is 0.434 e. The van der Waals surface area contributed by atoms with E-state index in [0.717, 1.165) is 43.0 Å². The van der Waals surface area contributed by atoms with E-state index in [1.165, 1.54) is 11.6 Å². The molecule has 0 radical (unpaired) electrons. The summed E-state index contributed by atoms with van der Waals surface area (Å²) in [5.74, 6) is 1.21. The Morgan fingerprint density at radius 2 is 1.78 bits per heavy atom. The van der Waals surface area contributed by atoms with Crippen molar-refractivity contribution in [2.24, 2.45) is 0 Å². The van der Waals surface area contributed by atoms with Gasteiger partial charge < -0.3 is 14.0 Å². The smallest absolute Gasteiger partial charge is 0.387 e. The summed E-state index contributed by atoms with van der Waals surface area (Å²) in [7, 11) is 0. The van der Waals surface area contributed by atoms with E-state index >= 15 is 4.39 Å². The number of hydrogen-bond acceptors (Lipinski definition) is 3. The molecule has 0 spiro atoms. The number of fused-ring (bicyclic) bond motifs is 3. The molecule has 3 aromatic carbocycles. The van der Waals surface area contributed by atoms with Gasteiger partial charge in [-0.15, -0.1) is 0 Å². The second-order valence-corrected chi connectivity index (χ2v) is 9.74. The lowest BCUT2D eigenvalue weighted by Gasteiger charge is -2.22. The Labute approximate surface area is 207 Å². The van der Waals surface area contributed by atoms with E-state index in [1.54, 1.807) is 12.1 Å². The van der Waals surface area contributed by atoms with Crippen LogP contribution in [-0.2, 0) is 4.74 Å². The van der Waals surface area contributed by atoms with Crippen molar-refractivity contribution >= 4 is 11.0 Å². The van der Waals surface area contributed by atoms with E-state index < -0.39 is 6.61 Å². The molecule has 0 bridgehead atoms. The van der Waals surface area contributed by atoms with E-state index in [4.69, 9.17) is 14.5 Å². The van der Waals surface area contributed by atoms with E-state index in [0.29, 0.717) is 29.0 Å². The number of nitrogens with zero attached hydrogens (tertiary/aromatic N) is 2. The summed E-state index contributed by atoms with van der Waals surface area (Å²) >= 11 is 0. The van der Waals surface area contributed by atoms with Crippen molar-refractivity contribution in [3.63, 3.8) is 0 Å². The summed E-state index contributed by atoms with van der Waals surface area (Å²) < 4.78 is 53.8. The summed E-state index contributed by atoms with van der Waals surface area (Å²) in [5, 5.41) is 0. The average Bonchev–Trinajstić information content (AvgIpc) is 3.41. The third-order valence-electron chi connectivity index (χ3n) is 7.54. The molecule has 2 aliphatic rings. The van der Waals surface area contributed by atoms with Crippen molar-refractivity contribution in [3.05, 3.63) is 83.4 Å². The maximum atomic E-state index is 15.3. The lowest BCUT2D eigenvalue weighted by molar-refractivity contribution is -0.0506. The average molecular weight is 493 g/mol. The van der Waals surface area contributed by atoms with Crippen molar-refractivity contribution in [2.75, 3.05) is 13.2 Å². The molecule has 1 aromatic heterocycles. The zero-order chi connectivity index (χ0) is 24.8. The van der Waals surface area contributed by atoms with Crippen LogP contribution >= 0.6 is 0 Å². The fraction of sp³-hybridized carbons (Fsp3) is 0.345. The third kappa shape index (κ3) is 4.05. The van der Waals surface area contributed by atoms with Gasteiger partial charge in [-0.3, -0.25) is 0 Å². The molecule has 6 rings (SSSR count). The Morgan fingerprint density at radius 3 is 2.53 bits per heavy atom. The number of ether oxygens (including phenoxy) is 2. The highest BCUT2D eigenvalue weighted by Crippen LogP contribution is 2.45. The Balaban J connectivity index is 1.41. The van der Waals surface area contributed by atoms with Crippen molar-refractivity contribution in [3.8, 4) is 16.9 Å². The number of imidazole rings is 1. The predicted octanol–water partition coefficient (Wildman–Crippen LogP) is 7.43. The lowest BCUT2D eigenvalue weighted by atomic mass is 9.90. The van der Waals surface area contributed by atoms with Crippen molar-refractivity contribution < 1.29 is 22.6 Å². The molecule has 3 heterocycles. The lowest BCUT2D eigenvalue weighted by Crippen LogP contribution is -2.13. The highest BCUT2D eigenvalue weighted by atomic mass is 19.3. The summed E-state index contributed by atoms with van der Waals surface area (Å²) in [6.45, 7) is 0.693. The fourth-order valence-corrected chi connectivity index (χ4v) is 5.77. The van der Waals surface area contributed by atoms with Crippen LogP contribution in [0.25, 0.3) is 22.2 Å². The minimum absolute atomic E-state index is 0.0901. The molecule has 0 aliphatic carbocycles. The van der Waals surface area contributed by atoms with Crippen LogP contribution in [0.15, 0.2) is 60.7 Å². The predicted molar refractivity (Wildman–Crippen MR) is 132 cm³/mol. The minimum Gasteiger partial charge on any atom is -0.434 e. The first-order chi connectivity index (χ1) is 17.5. The van der Waals surface area contributed by atoms with Crippen LogP contribution in [0.2, 0.25) is 0 Å². The van der Waals surface area contributed by atoms with Gasteiger partial charge in [0.05, 0.1) is 17.1 Å². The summed E-state index contributed by atoms with van der Waals surface area (Å²) in [5.41, 5.74) is 4.57. The molecular formula is C29H27F3N2O2. The first kappa shape index (κ1) is 23.1. The zero-order valence-corrected chi connectivity index (χ0v) is 20.0. The highest BCUT2D eigenvalue weighted by Gasteiger charge is 2.34. The van der Waals surface area contributed by atoms with Crippen LogP contribution < -0.4 is 4.74 Å². The molecule has 4 nitrogen and oxygen atoms in total. The maximum absolute atomic E-state index is 15.3. The standard InChI is InChI=1S/C29H27F3N2O2/c1-17-14-25(21-4-2-3-5-27(21)36-29(31)32)34-26-15-22(23(30)16-24(26)33-28(17)34)20-8-6-18(7-9-20)19-10-12-35-13-11-19/h2-9,15-17,19,25,29H,10-14H2,1H3. The summed E-state index contributed by atoms with van der Waals surface area (Å²) in [4.78, 5) is 4.73. The molecule has 1 fully saturated rings. The number of aromatic nitrogens is 2. The van der Waals surface area contributed by atoms with Crippen LogP contribution in [0.5, 0.6) is 5.75 Å². The van der Waals surface area contributed by atoms with Crippen molar-refractivity contribution in [1.29, 1.82) is 0 Å². The quantitative estimate of drug-likeness (QED) is 0.291. The second kappa shape index (κ2) is 9.28. The number of para-hydroxylation sites is 1. The van der Waals surface area contributed by atoms with Gasteiger partial charge in [-0.25, -0.2) is 9.37 Å². The Hall–Kier alpha value is -3.32. The van der Waals surface area contributed by atoms with E-state index in [-0.39, 0.29) is 23.5 Å². The summed E-state index contributed by atoms with van der Waals surface area (Å²) in [6.07, 6.45) is 2.70. The molecule has 1 saturated heterocycles. The first-order valence-corrected chi connectivity index (χ1v) is 12.4. The molecule has 2 atom stereocenters. The highest BCUT2D eigenvalue weighted by molar-refractivity contribution is 5.84. The number of hydrogen-bond donors (Lipinski definition) is 0. The monoisotopic (exact) mass is 492 g/mol. The maximum Gasteiger partial charge on any atom is 0.387 e. The van der Waals surface area contributed by atoms with Gasteiger partial charge in [0.1, 0.15) is 17.4 Å². The molecule has 186 valence electrons. The van der Waals surface area contributed by atoms with E-state index in [2.05, 4.69) is 23.6 Å². The normalized spacial score (nSPS) is 20.2. The SMILES string of the molecule is CC1CC(c2ccccc2OC(F)F)n2c1nc1cc(F)c(-c3ccc(C4CCOCC4)cc3)cc12. The Kier molecular flexibility index (Phi) is 5.96. The van der Waals surface area contributed by atoms with E-state index in [1.807, 2.05) is 30.3 Å². The molecule has 2 unspecified atom stereocenters. The van der Waals surface area contributed by atoms with Gasteiger partial charge in [0.15, 0.2) is 0 Å². The van der Waals surface area contributed by atoms with Crippen LogP contribution in [0, 0.1) is 5.82 Å². The molecule has 0 saturated carbocycles. The number of alkyl halides is 2. The van der Waals surface area contributed by atoms with Crippen LogP contribution in [0.1, 0.15) is 61.0 Å². The van der Waals surface area contributed by atoms with Crippen molar-refractivity contribution in [1.82, 2.24) is 9.55 Å². The molecule has 7 heteroatoms. The molecule has 0 N–H and O–H groups in total. The van der Waals surface area contributed by atoms with Gasteiger partial charge in [-0.1, -0.05) is 49.4 Å². The summed E-state index contributed by atoms with van der Waals surface area (Å²) in [6, 6.07) is 18.1. The first-order valence-electron chi connectivity index (χ1n) is 12.4. The number of benzene rings is 3. The molecule has 36 heavy (non-hydrogen) atoms. The van der Waals surface area contributed by atoms with Gasteiger partial charge in [0.25, 0.3) is 0 Å². The van der Waals surface area contributed by atoms with Gasteiger partial charge in [-0.2, -0.15) is 8.78 Å².